The minimum atomic E-state index is 0. The van der Waals surface area contributed by atoms with Crippen LogP contribution in [0, 0.1) is 0 Å². The summed E-state index contributed by atoms with van der Waals surface area (Å²) >= 11 is 0. The second-order valence-corrected chi connectivity index (χ2v) is 3.06. The van der Waals surface area contributed by atoms with E-state index in [4.69, 9.17) is 0 Å². The number of halogens is 1. The van der Waals surface area contributed by atoms with Crippen molar-refractivity contribution in [1.29, 1.82) is 0 Å². The van der Waals surface area contributed by atoms with E-state index >= 15 is 0 Å². The number of anilines is 1. The van der Waals surface area contributed by atoms with Crippen molar-refractivity contribution in [3.8, 4) is 0 Å². The first-order valence-corrected chi connectivity index (χ1v) is 4.63. The zero-order valence-electron chi connectivity index (χ0n) is 8.16. The van der Waals surface area contributed by atoms with E-state index < -0.39 is 0 Å². The smallest absolute Gasteiger partial charge is 0.0419 e. The lowest BCUT2D eigenvalue weighted by atomic mass is 10.1. The molecule has 2 aromatic carbocycles. The van der Waals surface area contributed by atoms with E-state index in [1.807, 2.05) is 0 Å². The molecule has 2 aromatic rings. The van der Waals surface area contributed by atoms with Gasteiger partial charge in [-0.15, -0.1) is 12.4 Å². The standard InChI is InChI=1S/C12H13N.ClH/c1-2-13-12-9-5-7-10-6-3-4-8-11(10)12;/h3-9,13H,2H2,1H3;1H. The summed E-state index contributed by atoms with van der Waals surface area (Å²) in [7, 11) is 0. The van der Waals surface area contributed by atoms with Gasteiger partial charge in [0.2, 0.25) is 0 Å². The Morgan fingerprint density at radius 1 is 1.00 bits per heavy atom. The van der Waals surface area contributed by atoms with Crippen LogP contribution in [0.5, 0.6) is 0 Å². The van der Waals surface area contributed by atoms with Crippen molar-refractivity contribution in [2.75, 3.05) is 11.9 Å². The van der Waals surface area contributed by atoms with E-state index in [0.29, 0.717) is 0 Å². The largest absolute Gasteiger partial charge is 0.385 e. The van der Waals surface area contributed by atoms with Crippen molar-refractivity contribution < 1.29 is 0 Å². The van der Waals surface area contributed by atoms with Crippen molar-refractivity contribution in [1.82, 2.24) is 0 Å². The Bertz CT molecular complexity index is 406. The third-order valence-electron chi connectivity index (χ3n) is 2.16. The van der Waals surface area contributed by atoms with Gasteiger partial charge in [0.25, 0.3) is 0 Å². The van der Waals surface area contributed by atoms with Gasteiger partial charge in [-0.25, -0.2) is 0 Å². The van der Waals surface area contributed by atoms with Crippen LogP contribution in [0.1, 0.15) is 6.92 Å². The summed E-state index contributed by atoms with van der Waals surface area (Å²) in [6.45, 7) is 3.08. The molecule has 2 rings (SSSR count). The Kier molecular flexibility index (Phi) is 3.78. The van der Waals surface area contributed by atoms with Crippen LogP contribution in [0.4, 0.5) is 5.69 Å². The second-order valence-electron chi connectivity index (χ2n) is 3.06. The normalized spacial score (nSPS) is 9.50. The number of benzene rings is 2. The van der Waals surface area contributed by atoms with Crippen molar-refractivity contribution in [3.63, 3.8) is 0 Å². The van der Waals surface area contributed by atoms with Gasteiger partial charge in [-0.2, -0.15) is 0 Å². The summed E-state index contributed by atoms with van der Waals surface area (Å²) in [4.78, 5) is 0. The molecule has 0 aromatic heterocycles. The number of hydrogen-bond donors (Lipinski definition) is 1. The fraction of sp³-hybridized carbons (Fsp3) is 0.167. The second kappa shape index (κ2) is 4.87. The number of hydrogen-bond acceptors (Lipinski definition) is 1. The van der Waals surface area contributed by atoms with Crippen LogP contribution in [-0.2, 0) is 0 Å². The molecule has 1 N–H and O–H groups in total. The van der Waals surface area contributed by atoms with Gasteiger partial charge in [0.1, 0.15) is 0 Å². The van der Waals surface area contributed by atoms with Gasteiger partial charge < -0.3 is 5.32 Å². The molecule has 0 bridgehead atoms. The number of fused-ring (bicyclic) bond motifs is 1. The van der Waals surface area contributed by atoms with Gasteiger partial charge in [0.15, 0.2) is 0 Å². The van der Waals surface area contributed by atoms with Gasteiger partial charge in [-0.3, -0.25) is 0 Å². The van der Waals surface area contributed by atoms with Gasteiger partial charge >= 0.3 is 0 Å². The Balaban J connectivity index is 0.000000980. The molecule has 0 unspecified atom stereocenters. The molecule has 0 heterocycles. The third kappa shape index (κ3) is 1.99. The van der Waals surface area contributed by atoms with Crippen LogP contribution >= 0.6 is 12.4 Å². The first-order valence-electron chi connectivity index (χ1n) is 4.63. The molecule has 0 amide bonds. The zero-order chi connectivity index (χ0) is 9.10. The van der Waals surface area contributed by atoms with Crippen LogP contribution in [0.2, 0.25) is 0 Å². The monoisotopic (exact) mass is 207 g/mol. The van der Waals surface area contributed by atoms with E-state index in [2.05, 4.69) is 54.7 Å². The zero-order valence-corrected chi connectivity index (χ0v) is 8.97. The van der Waals surface area contributed by atoms with Gasteiger partial charge in [0, 0.05) is 17.6 Å². The highest BCUT2D eigenvalue weighted by Crippen LogP contribution is 2.22. The average molecular weight is 208 g/mol. The molecule has 2 heteroatoms. The average Bonchev–Trinajstić information content (AvgIpc) is 2.19. The van der Waals surface area contributed by atoms with Crippen molar-refractivity contribution in [2.45, 2.75) is 6.92 Å². The van der Waals surface area contributed by atoms with Crippen LogP contribution in [0.15, 0.2) is 42.5 Å². The third-order valence-corrected chi connectivity index (χ3v) is 2.16. The minimum Gasteiger partial charge on any atom is -0.385 e. The van der Waals surface area contributed by atoms with E-state index in [1.165, 1.54) is 16.5 Å². The van der Waals surface area contributed by atoms with E-state index in [9.17, 15) is 0 Å². The first kappa shape index (κ1) is 10.9. The maximum atomic E-state index is 3.35. The predicted molar refractivity (Wildman–Crippen MR) is 65.4 cm³/mol. The quantitative estimate of drug-likeness (QED) is 0.792. The van der Waals surface area contributed by atoms with Crippen LogP contribution < -0.4 is 5.32 Å². The van der Waals surface area contributed by atoms with Gasteiger partial charge in [-0.05, 0) is 18.4 Å². The molecule has 0 radical (unpaired) electrons. The number of nitrogens with one attached hydrogen (secondary N) is 1. The lowest BCUT2D eigenvalue weighted by molar-refractivity contribution is 1.22. The summed E-state index contributed by atoms with van der Waals surface area (Å²) in [5.41, 5.74) is 1.22. The fourth-order valence-electron chi connectivity index (χ4n) is 1.57. The molecular formula is C12H14ClN. The molecule has 0 spiro atoms. The first-order chi connectivity index (χ1) is 6.42. The van der Waals surface area contributed by atoms with Crippen molar-refractivity contribution >= 4 is 28.9 Å². The molecule has 0 aliphatic carbocycles. The SMILES string of the molecule is CCNc1cccc2ccccc12.Cl. The van der Waals surface area contributed by atoms with Crippen molar-refractivity contribution in [3.05, 3.63) is 42.5 Å². The van der Waals surface area contributed by atoms with Gasteiger partial charge in [0.05, 0.1) is 0 Å². The molecule has 0 saturated carbocycles. The van der Waals surface area contributed by atoms with Crippen LogP contribution in [-0.4, -0.2) is 6.54 Å². The Morgan fingerprint density at radius 3 is 2.50 bits per heavy atom. The Hall–Kier alpha value is -1.21. The molecule has 1 nitrogen and oxygen atoms in total. The summed E-state index contributed by atoms with van der Waals surface area (Å²) in [5, 5.41) is 5.94. The molecule has 0 aliphatic rings. The highest BCUT2D eigenvalue weighted by atomic mass is 35.5. The van der Waals surface area contributed by atoms with Gasteiger partial charge in [-0.1, -0.05) is 36.4 Å². The summed E-state index contributed by atoms with van der Waals surface area (Å²) in [6.07, 6.45) is 0. The Morgan fingerprint density at radius 2 is 1.71 bits per heavy atom. The predicted octanol–water partition coefficient (Wildman–Crippen LogP) is 3.69. The van der Waals surface area contributed by atoms with E-state index in [1.54, 1.807) is 0 Å². The lowest BCUT2D eigenvalue weighted by Gasteiger charge is -2.06. The summed E-state index contributed by atoms with van der Waals surface area (Å²) in [6, 6.07) is 14.8. The summed E-state index contributed by atoms with van der Waals surface area (Å²) < 4.78 is 0. The molecule has 0 saturated heterocycles. The summed E-state index contributed by atoms with van der Waals surface area (Å²) in [5.74, 6) is 0. The molecule has 0 aliphatic heterocycles. The molecular weight excluding hydrogens is 194 g/mol. The van der Waals surface area contributed by atoms with E-state index in [0.717, 1.165) is 6.54 Å². The van der Waals surface area contributed by atoms with Crippen molar-refractivity contribution in [2.24, 2.45) is 0 Å². The van der Waals surface area contributed by atoms with E-state index in [-0.39, 0.29) is 12.4 Å². The topological polar surface area (TPSA) is 12.0 Å². The Labute approximate surface area is 90.5 Å². The highest BCUT2D eigenvalue weighted by Gasteiger charge is 1.96. The highest BCUT2D eigenvalue weighted by molar-refractivity contribution is 5.93. The fourth-order valence-corrected chi connectivity index (χ4v) is 1.57. The number of rotatable bonds is 2. The van der Waals surface area contributed by atoms with Crippen LogP contribution in [0.3, 0.4) is 0 Å². The molecule has 74 valence electrons. The molecule has 14 heavy (non-hydrogen) atoms. The lowest BCUT2D eigenvalue weighted by Crippen LogP contribution is -1.96. The molecule has 0 atom stereocenters. The maximum absolute atomic E-state index is 3.35. The molecule has 0 fully saturated rings. The minimum absolute atomic E-state index is 0. The van der Waals surface area contributed by atoms with Crippen LogP contribution in [0.25, 0.3) is 10.8 Å². The maximum Gasteiger partial charge on any atom is 0.0419 e.